The zero-order valence-corrected chi connectivity index (χ0v) is 18.2. The minimum atomic E-state index is -0.0516. The Balaban J connectivity index is 1.48. The Bertz CT molecular complexity index is 697. The summed E-state index contributed by atoms with van der Waals surface area (Å²) >= 11 is 0. The molecule has 0 aromatic heterocycles. The van der Waals surface area contributed by atoms with Crippen LogP contribution < -0.4 is 5.32 Å². The van der Waals surface area contributed by atoms with E-state index in [0.717, 1.165) is 18.4 Å². The smallest absolute Gasteiger partial charge is 0.317 e. The highest BCUT2D eigenvalue weighted by Gasteiger charge is 2.31. The van der Waals surface area contributed by atoms with Gasteiger partial charge in [-0.3, -0.25) is 4.79 Å². The SMILES string of the molecule is CC(NC(=O)N1CCC(C(=O)N2CCOCC2)CC1)c1ccc(C(C)(C)C)cc1. The fourth-order valence-electron chi connectivity index (χ4n) is 4.00. The molecule has 2 saturated heterocycles. The van der Waals surface area contributed by atoms with E-state index in [0.29, 0.717) is 39.4 Å². The molecule has 1 unspecified atom stereocenters. The summed E-state index contributed by atoms with van der Waals surface area (Å²) in [5.41, 5.74) is 2.50. The van der Waals surface area contributed by atoms with E-state index in [4.69, 9.17) is 4.74 Å². The maximum Gasteiger partial charge on any atom is 0.317 e. The number of nitrogens with zero attached hydrogens (tertiary/aromatic N) is 2. The van der Waals surface area contributed by atoms with Gasteiger partial charge in [-0.2, -0.15) is 0 Å². The van der Waals surface area contributed by atoms with Gasteiger partial charge in [0.15, 0.2) is 0 Å². The van der Waals surface area contributed by atoms with Gasteiger partial charge in [0.05, 0.1) is 19.3 Å². The predicted octanol–water partition coefficient (Wildman–Crippen LogP) is 3.33. The third-order valence-electron chi connectivity index (χ3n) is 6.07. The van der Waals surface area contributed by atoms with Crippen LogP contribution in [-0.2, 0) is 14.9 Å². The van der Waals surface area contributed by atoms with E-state index in [1.807, 2.05) is 16.7 Å². The number of urea groups is 1. The van der Waals surface area contributed by atoms with Crippen molar-refractivity contribution in [3.8, 4) is 0 Å². The van der Waals surface area contributed by atoms with E-state index in [-0.39, 0.29) is 29.3 Å². The average molecular weight is 402 g/mol. The van der Waals surface area contributed by atoms with E-state index in [1.165, 1.54) is 5.56 Å². The van der Waals surface area contributed by atoms with E-state index >= 15 is 0 Å². The molecule has 2 aliphatic rings. The van der Waals surface area contributed by atoms with Gasteiger partial charge in [-0.05, 0) is 36.3 Å². The molecule has 3 rings (SSSR count). The van der Waals surface area contributed by atoms with Crippen LogP contribution in [-0.4, -0.2) is 61.1 Å². The molecule has 0 saturated carbocycles. The molecule has 2 heterocycles. The molecule has 1 atom stereocenters. The van der Waals surface area contributed by atoms with Crippen molar-refractivity contribution in [2.24, 2.45) is 5.92 Å². The van der Waals surface area contributed by atoms with E-state index < -0.39 is 0 Å². The maximum atomic E-state index is 12.7. The number of hydrogen-bond donors (Lipinski definition) is 1. The second kappa shape index (κ2) is 9.16. The van der Waals surface area contributed by atoms with Crippen molar-refractivity contribution >= 4 is 11.9 Å². The minimum Gasteiger partial charge on any atom is -0.378 e. The van der Waals surface area contributed by atoms with Gasteiger partial charge in [0.2, 0.25) is 5.91 Å². The van der Waals surface area contributed by atoms with Crippen molar-refractivity contribution in [3.05, 3.63) is 35.4 Å². The molecular formula is C23H35N3O3. The molecule has 160 valence electrons. The zero-order valence-electron chi connectivity index (χ0n) is 18.2. The van der Waals surface area contributed by atoms with Crippen LogP contribution in [0.5, 0.6) is 0 Å². The minimum absolute atomic E-state index is 0.0273. The number of amides is 3. The first-order valence-corrected chi connectivity index (χ1v) is 10.8. The van der Waals surface area contributed by atoms with Gasteiger partial charge in [-0.25, -0.2) is 4.79 Å². The van der Waals surface area contributed by atoms with Crippen LogP contribution in [0.15, 0.2) is 24.3 Å². The molecule has 1 aromatic carbocycles. The van der Waals surface area contributed by atoms with Crippen LogP contribution in [0.4, 0.5) is 4.79 Å². The van der Waals surface area contributed by atoms with Gasteiger partial charge < -0.3 is 19.9 Å². The summed E-state index contributed by atoms with van der Waals surface area (Å²) in [6.45, 7) is 12.5. The van der Waals surface area contributed by atoms with Gasteiger partial charge in [0.1, 0.15) is 0 Å². The summed E-state index contributed by atoms with van der Waals surface area (Å²) in [4.78, 5) is 29.1. The van der Waals surface area contributed by atoms with Crippen molar-refractivity contribution in [2.75, 3.05) is 39.4 Å². The number of carbonyl (C=O) groups is 2. The second-order valence-corrected chi connectivity index (χ2v) is 9.24. The average Bonchev–Trinajstić information content (AvgIpc) is 2.73. The third kappa shape index (κ3) is 5.50. The van der Waals surface area contributed by atoms with Crippen LogP contribution in [0.3, 0.4) is 0 Å². The lowest BCUT2D eigenvalue weighted by atomic mass is 9.86. The van der Waals surface area contributed by atoms with Gasteiger partial charge >= 0.3 is 6.03 Å². The lowest BCUT2D eigenvalue weighted by Crippen LogP contribution is -2.49. The van der Waals surface area contributed by atoms with E-state index in [2.05, 4.69) is 50.4 Å². The molecule has 1 aromatic rings. The standard InChI is InChI=1S/C23H35N3O3/c1-17(18-5-7-20(8-6-18)23(2,3)4)24-22(28)26-11-9-19(10-12-26)21(27)25-13-15-29-16-14-25/h5-8,17,19H,9-16H2,1-4H3,(H,24,28). The summed E-state index contributed by atoms with van der Waals surface area (Å²) in [7, 11) is 0. The summed E-state index contributed by atoms with van der Waals surface area (Å²) < 4.78 is 5.33. The van der Waals surface area contributed by atoms with Crippen molar-refractivity contribution in [1.29, 1.82) is 0 Å². The van der Waals surface area contributed by atoms with Gasteiger partial charge in [0.25, 0.3) is 0 Å². The Morgan fingerprint density at radius 1 is 1.00 bits per heavy atom. The molecule has 29 heavy (non-hydrogen) atoms. The van der Waals surface area contributed by atoms with Crippen LogP contribution in [0, 0.1) is 5.92 Å². The first-order valence-electron chi connectivity index (χ1n) is 10.8. The number of piperidine rings is 1. The molecule has 6 nitrogen and oxygen atoms in total. The van der Waals surface area contributed by atoms with Gasteiger partial charge in [0, 0.05) is 32.1 Å². The van der Waals surface area contributed by atoms with Crippen LogP contribution in [0.25, 0.3) is 0 Å². The molecule has 0 bridgehead atoms. The highest BCUT2D eigenvalue weighted by Crippen LogP contribution is 2.25. The lowest BCUT2D eigenvalue weighted by Gasteiger charge is -2.36. The Hall–Kier alpha value is -2.08. The second-order valence-electron chi connectivity index (χ2n) is 9.24. The van der Waals surface area contributed by atoms with Crippen LogP contribution >= 0.6 is 0 Å². The van der Waals surface area contributed by atoms with E-state index in [9.17, 15) is 9.59 Å². The van der Waals surface area contributed by atoms with Gasteiger partial charge in [-0.1, -0.05) is 45.0 Å². The third-order valence-corrected chi connectivity index (χ3v) is 6.07. The summed E-state index contributed by atoms with van der Waals surface area (Å²) in [5, 5.41) is 3.11. The molecule has 2 aliphatic heterocycles. The summed E-state index contributed by atoms with van der Waals surface area (Å²) in [6, 6.07) is 8.37. The summed E-state index contributed by atoms with van der Waals surface area (Å²) in [6.07, 6.45) is 1.47. The molecule has 3 amide bonds. The van der Waals surface area contributed by atoms with Gasteiger partial charge in [-0.15, -0.1) is 0 Å². The van der Waals surface area contributed by atoms with Crippen molar-refractivity contribution in [3.63, 3.8) is 0 Å². The highest BCUT2D eigenvalue weighted by molar-refractivity contribution is 5.80. The normalized spacial score (nSPS) is 19.7. The molecule has 6 heteroatoms. The molecular weight excluding hydrogens is 366 g/mol. The van der Waals surface area contributed by atoms with Crippen LogP contribution in [0.2, 0.25) is 0 Å². The molecule has 0 radical (unpaired) electrons. The van der Waals surface area contributed by atoms with Crippen molar-refractivity contribution in [1.82, 2.24) is 15.1 Å². The number of morpholine rings is 1. The number of carbonyl (C=O) groups excluding carboxylic acids is 2. The largest absolute Gasteiger partial charge is 0.378 e. The Morgan fingerprint density at radius 3 is 2.14 bits per heavy atom. The lowest BCUT2D eigenvalue weighted by molar-refractivity contribution is -0.141. The molecule has 0 spiro atoms. The highest BCUT2D eigenvalue weighted by atomic mass is 16.5. The first kappa shape index (κ1) is 21.6. The number of hydrogen-bond acceptors (Lipinski definition) is 3. The quantitative estimate of drug-likeness (QED) is 0.845. The predicted molar refractivity (Wildman–Crippen MR) is 114 cm³/mol. The van der Waals surface area contributed by atoms with E-state index in [1.54, 1.807) is 0 Å². The number of likely N-dealkylation sites (tertiary alicyclic amines) is 1. The van der Waals surface area contributed by atoms with Crippen molar-refractivity contribution in [2.45, 2.75) is 52.0 Å². The fraction of sp³-hybridized carbons (Fsp3) is 0.652. The number of ether oxygens (including phenoxy) is 1. The summed E-state index contributed by atoms with van der Waals surface area (Å²) in [5.74, 6) is 0.250. The number of nitrogens with one attached hydrogen (secondary N) is 1. The monoisotopic (exact) mass is 401 g/mol. The zero-order chi connectivity index (χ0) is 21.0. The Kier molecular flexibility index (Phi) is 6.83. The topological polar surface area (TPSA) is 61.9 Å². The Morgan fingerprint density at radius 2 is 1.59 bits per heavy atom. The first-order chi connectivity index (χ1) is 13.8. The number of rotatable bonds is 3. The molecule has 0 aliphatic carbocycles. The maximum absolute atomic E-state index is 12.7. The molecule has 1 N–H and O–H groups in total. The Labute approximate surface area is 174 Å². The van der Waals surface area contributed by atoms with Crippen molar-refractivity contribution < 1.29 is 14.3 Å². The molecule has 2 fully saturated rings. The van der Waals surface area contributed by atoms with Crippen LogP contribution in [0.1, 0.15) is 57.7 Å². The number of benzene rings is 1. The fourth-order valence-corrected chi connectivity index (χ4v) is 4.00.